The highest BCUT2D eigenvalue weighted by Crippen LogP contribution is 2.39. The van der Waals surface area contributed by atoms with Crippen LogP contribution in [0.25, 0.3) is 0 Å². The fraction of sp³-hybridized carbons (Fsp3) is 0.700. The number of para-hydroxylation sites is 1. The van der Waals surface area contributed by atoms with Crippen molar-refractivity contribution in [2.45, 2.75) is 53.4 Å². The Kier molecular flexibility index (Phi) is 6.14. The molecule has 0 bridgehead atoms. The molecule has 0 heterocycles. The first kappa shape index (κ1) is 16.4. The van der Waals surface area contributed by atoms with E-state index in [4.69, 9.17) is 0 Å². The molecular formula is C20H33N. The van der Waals surface area contributed by atoms with Gasteiger partial charge in [-0.15, -0.1) is 0 Å². The van der Waals surface area contributed by atoms with Gasteiger partial charge < -0.3 is 4.90 Å². The first-order chi connectivity index (χ1) is 10.1. The monoisotopic (exact) mass is 287 g/mol. The zero-order valence-corrected chi connectivity index (χ0v) is 14.4. The summed E-state index contributed by atoms with van der Waals surface area (Å²) in [6.07, 6.45) is 5.68. The maximum absolute atomic E-state index is 2.54. The van der Waals surface area contributed by atoms with E-state index in [0.717, 1.165) is 30.2 Å². The van der Waals surface area contributed by atoms with E-state index in [1.807, 2.05) is 0 Å². The van der Waals surface area contributed by atoms with Crippen LogP contribution in [0.15, 0.2) is 30.3 Å². The van der Waals surface area contributed by atoms with E-state index in [9.17, 15) is 0 Å². The van der Waals surface area contributed by atoms with E-state index in [1.54, 1.807) is 0 Å². The second kappa shape index (κ2) is 7.87. The van der Waals surface area contributed by atoms with Gasteiger partial charge in [0.25, 0.3) is 0 Å². The highest BCUT2D eigenvalue weighted by Gasteiger charge is 2.30. The van der Waals surface area contributed by atoms with Crippen LogP contribution in [-0.2, 0) is 0 Å². The molecule has 1 aliphatic carbocycles. The number of hydrogen-bond acceptors (Lipinski definition) is 1. The van der Waals surface area contributed by atoms with E-state index in [-0.39, 0.29) is 0 Å². The summed E-state index contributed by atoms with van der Waals surface area (Å²) < 4.78 is 0. The second-order valence-corrected chi connectivity index (χ2v) is 7.29. The van der Waals surface area contributed by atoms with Crippen LogP contribution in [0.4, 0.5) is 5.69 Å². The molecule has 1 nitrogen and oxygen atoms in total. The Morgan fingerprint density at radius 1 is 1.14 bits per heavy atom. The molecule has 0 radical (unpaired) electrons. The van der Waals surface area contributed by atoms with E-state index in [0.29, 0.717) is 0 Å². The topological polar surface area (TPSA) is 3.24 Å². The zero-order valence-electron chi connectivity index (χ0n) is 14.4. The molecule has 1 saturated carbocycles. The molecule has 118 valence electrons. The Morgan fingerprint density at radius 2 is 1.86 bits per heavy atom. The predicted octanol–water partition coefficient (Wildman–Crippen LogP) is 5.61. The van der Waals surface area contributed by atoms with Gasteiger partial charge in [0.2, 0.25) is 0 Å². The van der Waals surface area contributed by atoms with Gasteiger partial charge in [-0.3, -0.25) is 0 Å². The second-order valence-electron chi connectivity index (χ2n) is 7.29. The first-order valence-electron chi connectivity index (χ1n) is 8.91. The van der Waals surface area contributed by atoms with Crippen LogP contribution in [0, 0.1) is 23.7 Å². The van der Waals surface area contributed by atoms with Gasteiger partial charge in [0.15, 0.2) is 0 Å². The van der Waals surface area contributed by atoms with Gasteiger partial charge in [0.1, 0.15) is 0 Å². The molecule has 3 unspecified atom stereocenters. The Morgan fingerprint density at radius 3 is 2.48 bits per heavy atom. The average Bonchev–Trinajstić information content (AvgIpc) is 2.48. The van der Waals surface area contributed by atoms with Crippen LogP contribution in [0.5, 0.6) is 0 Å². The van der Waals surface area contributed by atoms with Gasteiger partial charge in [-0.1, -0.05) is 45.4 Å². The molecule has 1 fully saturated rings. The van der Waals surface area contributed by atoms with Crippen molar-refractivity contribution in [3.05, 3.63) is 30.3 Å². The number of nitrogens with zero attached hydrogens (tertiary/aromatic N) is 1. The summed E-state index contributed by atoms with van der Waals surface area (Å²) in [7, 11) is 0. The molecule has 0 N–H and O–H groups in total. The maximum Gasteiger partial charge on any atom is 0.0366 e. The molecule has 1 aliphatic rings. The Labute approximate surface area is 131 Å². The van der Waals surface area contributed by atoms with Crippen molar-refractivity contribution in [2.24, 2.45) is 23.7 Å². The number of anilines is 1. The Bertz CT molecular complexity index is 398. The summed E-state index contributed by atoms with van der Waals surface area (Å²) in [4.78, 5) is 2.54. The SMILES string of the molecule is CCN(CCC1CC(C)CCC1C(C)C)c1ccccc1. The normalized spacial score (nSPS) is 26.0. The van der Waals surface area contributed by atoms with Crippen molar-refractivity contribution in [1.29, 1.82) is 0 Å². The minimum absolute atomic E-state index is 0.842. The molecule has 1 heteroatoms. The van der Waals surface area contributed by atoms with Crippen LogP contribution in [0.2, 0.25) is 0 Å². The third kappa shape index (κ3) is 4.49. The Hall–Kier alpha value is -0.980. The van der Waals surface area contributed by atoms with Crippen LogP contribution in [0.1, 0.15) is 53.4 Å². The van der Waals surface area contributed by atoms with Crippen molar-refractivity contribution in [3.63, 3.8) is 0 Å². The molecular weight excluding hydrogens is 254 g/mol. The van der Waals surface area contributed by atoms with Crippen molar-refractivity contribution >= 4 is 5.69 Å². The standard InChI is InChI=1S/C20H33N/c1-5-21(19-9-7-6-8-10-19)14-13-18-15-17(4)11-12-20(18)16(2)3/h6-10,16-18,20H,5,11-15H2,1-4H3. The quantitative estimate of drug-likeness (QED) is 0.657. The molecule has 0 spiro atoms. The summed E-state index contributed by atoms with van der Waals surface area (Å²) in [6.45, 7) is 11.9. The summed E-state index contributed by atoms with van der Waals surface area (Å²) in [5.74, 6) is 3.63. The lowest BCUT2D eigenvalue weighted by molar-refractivity contribution is 0.137. The molecule has 0 saturated heterocycles. The van der Waals surface area contributed by atoms with Crippen molar-refractivity contribution in [3.8, 4) is 0 Å². The lowest BCUT2D eigenvalue weighted by Gasteiger charge is -2.38. The fourth-order valence-electron chi connectivity index (χ4n) is 4.16. The van der Waals surface area contributed by atoms with Crippen molar-refractivity contribution in [2.75, 3.05) is 18.0 Å². The predicted molar refractivity (Wildman–Crippen MR) is 93.8 cm³/mol. The largest absolute Gasteiger partial charge is 0.372 e. The van der Waals surface area contributed by atoms with Crippen LogP contribution < -0.4 is 4.90 Å². The van der Waals surface area contributed by atoms with E-state index >= 15 is 0 Å². The first-order valence-corrected chi connectivity index (χ1v) is 8.91. The minimum atomic E-state index is 0.842. The van der Waals surface area contributed by atoms with E-state index in [2.05, 4.69) is 62.9 Å². The van der Waals surface area contributed by atoms with Gasteiger partial charge in [0.05, 0.1) is 0 Å². The maximum atomic E-state index is 2.54. The molecule has 3 atom stereocenters. The highest BCUT2D eigenvalue weighted by molar-refractivity contribution is 5.45. The van der Waals surface area contributed by atoms with Gasteiger partial charge in [0, 0.05) is 18.8 Å². The third-order valence-electron chi connectivity index (χ3n) is 5.43. The zero-order chi connectivity index (χ0) is 15.2. The molecule has 0 amide bonds. The summed E-state index contributed by atoms with van der Waals surface area (Å²) >= 11 is 0. The highest BCUT2D eigenvalue weighted by atomic mass is 15.1. The lowest BCUT2D eigenvalue weighted by Crippen LogP contribution is -2.32. The van der Waals surface area contributed by atoms with Crippen LogP contribution in [0.3, 0.4) is 0 Å². The van der Waals surface area contributed by atoms with E-state index in [1.165, 1.54) is 37.9 Å². The van der Waals surface area contributed by atoms with Crippen molar-refractivity contribution < 1.29 is 0 Å². The number of benzene rings is 1. The molecule has 2 rings (SSSR count). The van der Waals surface area contributed by atoms with Gasteiger partial charge >= 0.3 is 0 Å². The molecule has 21 heavy (non-hydrogen) atoms. The van der Waals surface area contributed by atoms with Crippen LogP contribution in [-0.4, -0.2) is 13.1 Å². The fourth-order valence-corrected chi connectivity index (χ4v) is 4.16. The van der Waals surface area contributed by atoms with E-state index < -0.39 is 0 Å². The average molecular weight is 287 g/mol. The van der Waals surface area contributed by atoms with Gasteiger partial charge in [-0.2, -0.15) is 0 Å². The van der Waals surface area contributed by atoms with Crippen molar-refractivity contribution in [1.82, 2.24) is 0 Å². The smallest absolute Gasteiger partial charge is 0.0366 e. The molecule has 0 aromatic heterocycles. The summed E-state index contributed by atoms with van der Waals surface area (Å²) in [5, 5.41) is 0. The van der Waals surface area contributed by atoms with Gasteiger partial charge in [-0.05, 0) is 62.0 Å². The van der Waals surface area contributed by atoms with Gasteiger partial charge in [-0.25, -0.2) is 0 Å². The third-order valence-corrected chi connectivity index (χ3v) is 5.43. The lowest BCUT2D eigenvalue weighted by atomic mass is 9.69. The van der Waals surface area contributed by atoms with Crippen LogP contribution >= 0.6 is 0 Å². The molecule has 1 aromatic rings. The summed E-state index contributed by atoms with van der Waals surface area (Å²) in [6, 6.07) is 10.9. The number of hydrogen-bond donors (Lipinski definition) is 0. The minimum Gasteiger partial charge on any atom is -0.372 e. The Balaban J connectivity index is 1.95. The molecule has 0 aliphatic heterocycles. The summed E-state index contributed by atoms with van der Waals surface area (Å²) in [5.41, 5.74) is 1.38. The number of rotatable bonds is 6. The molecule has 1 aromatic carbocycles.